The molecule has 1 heterocycles. The molecule has 6 heteroatoms. The van der Waals surface area contributed by atoms with E-state index in [-0.39, 0.29) is 5.75 Å². The van der Waals surface area contributed by atoms with Crippen LogP contribution in [0.3, 0.4) is 0 Å². The Labute approximate surface area is 89.6 Å². The van der Waals surface area contributed by atoms with Gasteiger partial charge in [-0.25, -0.2) is 18.1 Å². The first kappa shape index (κ1) is 10.6. The van der Waals surface area contributed by atoms with Crippen molar-refractivity contribution in [1.82, 2.24) is 14.3 Å². The lowest BCUT2D eigenvalue weighted by Gasteiger charge is -2.06. The molecule has 0 saturated heterocycles. The molecule has 1 aromatic heterocycles. The standard InChI is InChI=1S/C9H15N3O2S/c1-2-11-15(13,14)7-9-10-5-6-12(9)8-3-4-8/h5-6,8,11H,2-4,7H2,1H3. The second-order valence-corrected chi connectivity index (χ2v) is 5.55. The van der Waals surface area contributed by atoms with Crippen molar-refractivity contribution in [2.24, 2.45) is 0 Å². The Morgan fingerprint density at radius 2 is 2.33 bits per heavy atom. The van der Waals surface area contributed by atoms with Gasteiger partial charge in [-0.05, 0) is 12.8 Å². The highest BCUT2D eigenvalue weighted by molar-refractivity contribution is 7.88. The van der Waals surface area contributed by atoms with E-state index in [0.29, 0.717) is 18.4 Å². The first-order valence-corrected chi connectivity index (χ1v) is 6.76. The number of hydrogen-bond acceptors (Lipinski definition) is 3. The summed E-state index contributed by atoms with van der Waals surface area (Å²) in [6.07, 6.45) is 5.78. The van der Waals surface area contributed by atoms with Gasteiger partial charge in [0.15, 0.2) is 0 Å². The molecule has 1 aromatic rings. The van der Waals surface area contributed by atoms with Crippen molar-refractivity contribution in [3.8, 4) is 0 Å². The van der Waals surface area contributed by atoms with E-state index in [9.17, 15) is 8.42 Å². The first-order chi connectivity index (χ1) is 7.12. The van der Waals surface area contributed by atoms with E-state index in [1.165, 1.54) is 0 Å². The van der Waals surface area contributed by atoms with Crippen LogP contribution in [0.25, 0.3) is 0 Å². The average molecular weight is 229 g/mol. The van der Waals surface area contributed by atoms with Crippen LogP contribution in [0, 0.1) is 0 Å². The zero-order chi connectivity index (χ0) is 10.9. The molecule has 84 valence electrons. The van der Waals surface area contributed by atoms with Crippen molar-refractivity contribution in [1.29, 1.82) is 0 Å². The Morgan fingerprint density at radius 3 is 2.93 bits per heavy atom. The molecule has 1 aliphatic rings. The van der Waals surface area contributed by atoms with E-state index in [1.807, 2.05) is 10.8 Å². The molecule has 1 saturated carbocycles. The lowest BCUT2D eigenvalue weighted by molar-refractivity contribution is 0.578. The van der Waals surface area contributed by atoms with Gasteiger partial charge >= 0.3 is 0 Å². The Balaban J connectivity index is 2.13. The highest BCUT2D eigenvalue weighted by Crippen LogP contribution is 2.35. The third-order valence-corrected chi connectivity index (χ3v) is 3.74. The highest BCUT2D eigenvalue weighted by Gasteiger charge is 2.26. The van der Waals surface area contributed by atoms with Crippen LogP contribution in [0.2, 0.25) is 0 Å². The molecule has 15 heavy (non-hydrogen) atoms. The zero-order valence-electron chi connectivity index (χ0n) is 8.68. The monoisotopic (exact) mass is 229 g/mol. The van der Waals surface area contributed by atoms with Crippen molar-refractivity contribution in [3.05, 3.63) is 18.2 Å². The minimum Gasteiger partial charge on any atom is -0.331 e. The second-order valence-electron chi connectivity index (χ2n) is 3.74. The predicted octanol–water partition coefficient (Wildman–Crippen LogP) is 0.657. The van der Waals surface area contributed by atoms with Gasteiger partial charge in [-0.15, -0.1) is 0 Å². The van der Waals surface area contributed by atoms with Crippen LogP contribution in [0.15, 0.2) is 12.4 Å². The normalized spacial score (nSPS) is 16.9. The number of nitrogens with one attached hydrogen (secondary N) is 1. The first-order valence-electron chi connectivity index (χ1n) is 5.11. The second kappa shape index (κ2) is 3.94. The van der Waals surface area contributed by atoms with E-state index < -0.39 is 10.0 Å². The topological polar surface area (TPSA) is 64.0 Å². The van der Waals surface area contributed by atoms with E-state index in [1.54, 1.807) is 13.1 Å². The third-order valence-electron chi connectivity index (χ3n) is 2.37. The van der Waals surface area contributed by atoms with Crippen LogP contribution in [0.5, 0.6) is 0 Å². The summed E-state index contributed by atoms with van der Waals surface area (Å²) in [7, 11) is -3.22. The van der Waals surface area contributed by atoms with Gasteiger partial charge in [0.1, 0.15) is 11.6 Å². The van der Waals surface area contributed by atoms with Crippen LogP contribution in [0.4, 0.5) is 0 Å². The molecule has 1 fully saturated rings. The summed E-state index contributed by atoms with van der Waals surface area (Å²) in [4.78, 5) is 4.09. The molecule has 1 N–H and O–H groups in total. The third kappa shape index (κ3) is 2.57. The molecule has 0 aromatic carbocycles. The molecule has 0 aliphatic heterocycles. The zero-order valence-corrected chi connectivity index (χ0v) is 9.50. The summed E-state index contributed by atoms with van der Waals surface area (Å²) in [5.74, 6) is 0.614. The van der Waals surface area contributed by atoms with E-state index in [0.717, 1.165) is 12.8 Å². The Bertz CT molecular complexity index is 434. The number of imidazole rings is 1. The van der Waals surface area contributed by atoms with Crippen molar-refractivity contribution < 1.29 is 8.42 Å². The SMILES string of the molecule is CCNS(=O)(=O)Cc1nccn1C1CC1. The number of hydrogen-bond donors (Lipinski definition) is 1. The summed E-state index contributed by atoms with van der Waals surface area (Å²) < 4.78 is 27.5. The fraction of sp³-hybridized carbons (Fsp3) is 0.667. The Morgan fingerprint density at radius 1 is 1.60 bits per heavy atom. The largest absolute Gasteiger partial charge is 0.331 e. The molecule has 0 radical (unpaired) electrons. The Kier molecular flexibility index (Phi) is 2.79. The predicted molar refractivity (Wildman–Crippen MR) is 56.8 cm³/mol. The summed E-state index contributed by atoms with van der Waals surface area (Å²) in [6.45, 7) is 2.19. The summed E-state index contributed by atoms with van der Waals surface area (Å²) in [5, 5.41) is 0. The molecular formula is C9H15N3O2S. The maximum absolute atomic E-state index is 11.5. The molecule has 0 bridgehead atoms. The van der Waals surface area contributed by atoms with Crippen molar-refractivity contribution in [3.63, 3.8) is 0 Å². The maximum atomic E-state index is 11.5. The van der Waals surface area contributed by atoms with Crippen LogP contribution in [-0.2, 0) is 15.8 Å². The van der Waals surface area contributed by atoms with Crippen molar-refractivity contribution >= 4 is 10.0 Å². The average Bonchev–Trinajstić information content (AvgIpc) is 2.88. The molecule has 0 amide bonds. The van der Waals surface area contributed by atoms with Crippen LogP contribution in [0.1, 0.15) is 31.6 Å². The van der Waals surface area contributed by atoms with Gasteiger partial charge in [0, 0.05) is 25.0 Å². The molecule has 0 spiro atoms. The fourth-order valence-electron chi connectivity index (χ4n) is 1.58. The van der Waals surface area contributed by atoms with Crippen LogP contribution in [-0.4, -0.2) is 24.5 Å². The summed E-state index contributed by atoms with van der Waals surface area (Å²) in [5.41, 5.74) is 0. The highest BCUT2D eigenvalue weighted by atomic mass is 32.2. The van der Waals surface area contributed by atoms with Gasteiger partial charge in [0.2, 0.25) is 10.0 Å². The van der Waals surface area contributed by atoms with Crippen molar-refractivity contribution in [2.45, 2.75) is 31.6 Å². The number of nitrogens with zero attached hydrogens (tertiary/aromatic N) is 2. The van der Waals surface area contributed by atoms with Crippen LogP contribution >= 0.6 is 0 Å². The molecule has 5 nitrogen and oxygen atoms in total. The number of aromatic nitrogens is 2. The van der Waals surface area contributed by atoms with Gasteiger partial charge in [-0.2, -0.15) is 0 Å². The quantitative estimate of drug-likeness (QED) is 0.806. The lowest BCUT2D eigenvalue weighted by Crippen LogP contribution is -2.25. The van der Waals surface area contributed by atoms with Gasteiger partial charge < -0.3 is 4.57 Å². The molecule has 0 unspecified atom stereocenters. The van der Waals surface area contributed by atoms with E-state index in [4.69, 9.17) is 0 Å². The number of sulfonamides is 1. The minimum absolute atomic E-state index is 0.0235. The molecule has 0 atom stereocenters. The van der Waals surface area contributed by atoms with Gasteiger partial charge in [-0.3, -0.25) is 0 Å². The smallest absolute Gasteiger partial charge is 0.218 e. The molecule has 2 rings (SSSR count). The fourth-order valence-corrected chi connectivity index (χ4v) is 2.69. The van der Waals surface area contributed by atoms with Crippen molar-refractivity contribution in [2.75, 3.05) is 6.54 Å². The van der Waals surface area contributed by atoms with Gasteiger partial charge in [-0.1, -0.05) is 6.92 Å². The Hall–Kier alpha value is -0.880. The molecular weight excluding hydrogens is 214 g/mol. The van der Waals surface area contributed by atoms with Gasteiger partial charge in [0.05, 0.1) is 0 Å². The van der Waals surface area contributed by atoms with Gasteiger partial charge in [0.25, 0.3) is 0 Å². The minimum atomic E-state index is -3.22. The maximum Gasteiger partial charge on any atom is 0.218 e. The lowest BCUT2D eigenvalue weighted by atomic mass is 10.6. The van der Waals surface area contributed by atoms with Crippen LogP contribution < -0.4 is 4.72 Å². The van der Waals surface area contributed by atoms with E-state index in [2.05, 4.69) is 9.71 Å². The number of rotatable bonds is 5. The summed E-state index contributed by atoms with van der Waals surface area (Å²) >= 11 is 0. The summed E-state index contributed by atoms with van der Waals surface area (Å²) in [6, 6.07) is 0.472. The molecule has 1 aliphatic carbocycles. The van der Waals surface area contributed by atoms with E-state index >= 15 is 0 Å².